The lowest BCUT2D eigenvalue weighted by Crippen LogP contribution is -2.48. The molecule has 0 saturated carbocycles. The van der Waals surface area contributed by atoms with E-state index in [1.54, 1.807) is 24.3 Å². The normalized spacial score (nSPS) is 17.8. The molecule has 1 aromatic heterocycles. The average Bonchev–Trinajstić information content (AvgIpc) is 3.32. The third-order valence-corrected chi connectivity index (χ3v) is 9.67. The Balaban J connectivity index is 1.31. The van der Waals surface area contributed by atoms with E-state index in [0.717, 1.165) is 51.0 Å². The first-order valence-electron chi connectivity index (χ1n) is 14.9. The van der Waals surface area contributed by atoms with Crippen LogP contribution in [0.15, 0.2) is 47.4 Å². The molecule has 2 aliphatic rings. The van der Waals surface area contributed by atoms with Crippen molar-refractivity contribution < 1.29 is 26.3 Å². The zero-order chi connectivity index (χ0) is 31.5. The molecule has 238 valence electrons. The van der Waals surface area contributed by atoms with Crippen LogP contribution in [0.25, 0.3) is 10.9 Å². The van der Waals surface area contributed by atoms with Gasteiger partial charge in [0.2, 0.25) is 0 Å². The number of nitrogens with zero attached hydrogens (tertiary/aromatic N) is 3. The Morgan fingerprint density at radius 2 is 1.73 bits per heavy atom. The van der Waals surface area contributed by atoms with Crippen LogP contribution in [0, 0.1) is 11.8 Å². The minimum atomic E-state index is -4.42. The lowest BCUT2D eigenvalue weighted by Gasteiger charge is -2.41. The number of piperidine rings is 2. The van der Waals surface area contributed by atoms with Gasteiger partial charge in [0.05, 0.1) is 35.4 Å². The van der Waals surface area contributed by atoms with Gasteiger partial charge in [-0.3, -0.25) is 0 Å². The molecule has 5 rings (SSSR count). The molecule has 3 aromatic rings. The summed E-state index contributed by atoms with van der Waals surface area (Å²) in [6.07, 6.45) is 1.06. The van der Waals surface area contributed by atoms with Crippen LogP contribution in [-0.4, -0.2) is 94.2 Å². The van der Waals surface area contributed by atoms with E-state index in [2.05, 4.69) is 39.3 Å². The van der Waals surface area contributed by atoms with Crippen molar-refractivity contribution in [2.45, 2.75) is 55.4 Å². The fourth-order valence-corrected chi connectivity index (χ4v) is 6.81. The molecule has 44 heavy (non-hydrogen) atoms. The van der Waals surface area contributed by atoms with Gasteiger partial charge in [-0.25, -0.2) is 8.42 Å². The number of likely N-dealkylation sites (tertiary alicyclic amines) is 2. The van der Waals surface area contributed by atoms with Gasteiger partial charge in [-0.15, -0.1) is 0 Å². The highest BCUT2D eigenvalue weighted by atomic mass is 32.2. The topological polar surface area (TPSA) is 78.8 Å². The smallest absolute Gasteiger partial charge is 0.406 e. The second-order valence-corrected chi connectivity index (χ2v) is 13.8. The standard InChI is InChI=1S/C32H40F3N5O3S/c1-38-16-13-24(14-17-38)39-18-11-23(12-19-39)37-28-7-4-8-30-27(28)20-25(40(30)22-32(33,34)35)6-5-15-36-29-10-9-26(44(3,41)42)21-31(29)43-2/h4,7-10,20-21,23-24,36-37H,11-19,22H2,1-3H3. The van der Waals surface area contributed by atoms with Gasteiger partial charge in [0.25, 0.3) is 0 Å². The fourth-order valence-electron chi connectivity index (χ4n) is 6.17. The predicted molar refractivity (Wildman–Crippen MR) is 168 cm³/mol. The van der Waals surface area contributed by atoms with E-state index in [0.29, 0.717) is 28.4 Å². The molecule has 0 spiro atoms. The second-order valence-electron chi connectivity index (χ2n) is 11.7. The second kappa shape index (κ2) is 13.3. The first-order valence-corrected chi connectivity index (χ1v) is 16.8. The summed E-state index contributed by atoms with van der Waals surface area (Å²) in [5.74, 6) is 6.17. The summed E-state index contributed by atoms with van der Waals surface area (Å²) in [5.41, 5.74) is 2.09. The summed E-state index contributed by atoms with van der Waals surface area (Å²) >= 11 is 0. The molecule has 2 saturated heterocycles. The van der Waals surface area contributed by atoms with E-state index in [4.69, 9.17) is 4.74 Å². The van der Waals surface area contributed by atoms with E-state index in [9.17, 15) is 21.6 Å². The molecule has 0 bridgehead atoms. The minimum absolute atomic E-state index is 0.114. The van der Waals surface area contributed by atoms with Crippen molar-refractivity contribution in [2.24, 2.45) is 0 Å². The quantitative estimate of drug-likeness (QED) is 0.337. The van der Waals surface area contributed by atoms with Crippen molar-refractivity contribution >= 4 is 32.1 Å². The summed E-state index contributed by atoms with van der Waals surface area (Å²) < 4.78 is 71.2. The molecule has 2 fully saturated rings. The maximum atomic E-state index is 13.7. The van der Waals surface area contributed by atoms with E-state index < -0.39 is 22.6 Å². The monoisotopic (exact) mass is 631 g/mol. The van der Waals surface area contributed by atoms with Gasteiger partial charge >= 0.3 is 6.18 Å². The number of hydrogen-bond donors (Lipinski definition) is 2. The van der Waals surface area contributed by atoms with Crippen molar-refractivity contribution in [3.63, 3.8) is 0 Å². The number of sulfone groups is 1. The zero-order valence-electron chi connectivity index (χ0n) is 25.4. The lowest BCUT2D eigenvalue weighted by atomic mass is 9.97. The van der Waals surface area contributed by atoms with Crippen LogP contribution in [0.5, 0.6) is 5.75 Å². The van der Waals surface area contributed by atoms with E-state index >= 15 is 0 Å². The number of alkyl halides is 3. The Morgan fingerprint density at radius 3 is 2.39 bits per heavy atom. The number of halogens is 3. The summed E-state index contributed by atoms with van der Waals surface area (Å²) in [6.45, 7) is 3.27. The Hall–Kier alpha value is -3.40. The van der Waals surface area contributed by atoms with Gasteiger partial charge in [-0.1, -0.05) is 12.0 Å². The van der Waals surface area contributed by atoms with Crippen molar-refractivity contribution in [1.29, 1.82) is 0 Å². The van der Waals surface area contributed by atoms with Crippen molar-refractivity contribution in [3.8, 4) is 17.6 Å². The maximum absolute atomic E-state index is 13.7. The van der Waals surface area contributed by atoms with Gasteiger partial charge in [0, 0.05) is 48.6 Å². The van der Waals surface area contributed by atoms with Crippen LogP contribution in [0.3, 0.4) is 0 Å². The predicted octanol–water partition coefficient (Wildman–Crippen LogP) is 5.05. The molecule has 2 aliphatic heterocycles. The van der Waals surface area contributed by atoms with E-state index in [1.165, 1.54) is 36.7 Å². The molecule has 0 aliphatic carbocycles. The van der Waals surface area contributed by atoms with Gasteiger partial charge in [0.1, 0.15) is 12.3 Å². The summed E-state index contributed by atoms with van der Waals surface area (Å²) in [7, 11) is 0.193. The van der Waals surface area contributed by atoms with Crippen LogP contribution in [0.4, 0.5) is 24.5 Å². The highest BCUT2D eigenvalue weighted by molar-refractivity contribution is 7.90. The number of ether oxygens (including phenoxy) is 1. The van der Waals surface area contributed by atoms with Gasteiger partial charge in [-0.05, 0) is 82.1 Å². The molecule has 8 nitrogen and oxygen atoms in total. The van der Waals surface area contributed by atoms with Crippen LogP contribution in [-0.2, 0) is 16.4 Å². The Kier molecular flexibility index (Phi) is 9.68. The first-order chi connectivity index (χ1) is 20.9. The molecular formula is C32H40F3N5O3S. The minimum Gasteiger partial charge on any atom is -0.495 e. The van der Waals surface area contributed by atoms with Crippen LogP contribution < -0.4 is 15.4 Å². The molecular weight excluding hydrogens is 591 g/mol. The SMILES string of the molecule is COc1cc(S(C)(=O)=O)ccc1NCC#Cc1cc2c(NC3CCN(C4CCN(C)CC4)CC3)cccc2n1CC(F)(F)F. The van der Waals surface area contributed by atoms with E-state index in [-0.39, 0.29) is 23.2 Å². The third kappa shape index (κ3) is 7.81. The highest BCUT2D eigenvalue weighted by Gasteiger charge is 2.31. The largest absolute Gasteiger partial charge is 0.495 e. The third-order valence-electron chi connectivity index (χ3n) is 8.56. The molecule has 2 aromatic carbocycles. The number of methoxy groups -OCH3 is 1. The number of aromatic nitrogens is 1. The summed E-state index contributed by atoms with van der Waals surface area (Å²) in [4.78, 5) is 5.10. The fraction of sp³-hybridized carbons (Fsp3) is 0.500. The number of hydrogen-bond acceptors (Lipinski definition) is 7. The summed E-state index contributed by atoms with van der Waals surface area (Å²) in [6, 6.07) is 12.5. The van der Waals surface area contributed by atoms with Crippen molar-refractivity contribution in [1.82, 2.24) is 14.4 Å². The lowest BCUT2D eigenvalue weighted by molar-refractivity contribution is -0.140. The zero-order valence-corrected chi connectivity index (χ0v) is 26.2. The molecule has 0 radical (unpaired) electrons. The van der Waals surface area contributed by atoms with Crippen LogP contribution >= 0.6 is 0 Å². The Labute approximate surface area is 257 Å². The molecule has 0 atom stereocenters. The number of fused-ring (bicyclic) bond motifs is 1. The van der Waals surface area contributed by atoms with E-state index in [1.807, 2.05) is 6.07 Å². The van der Waals surface area contributed by atoms with Crippen LogP contribution in [0.1, 0.15) is 31.4 Å². The number of rotatable bonds is 8. The highest BCUT2D eigenvalue weighted by Crippen LogP contribution is 2.32. The molecule has 12 heteroatoms. The molecule has 3 heterocycles. The number of anilines is 2. The summed E-state index contributed by atoms with van der Waals surface area (Å²) in [5, 5.41) is 7.41. The molecule has 0 amide bonds. The molecule has 0 unspecified atom stereocenters. The van der Waals surface area contributed by atoms with Gasteiger partial charge < -0.3 is 29.7 Å². The first kappa shape index (κ1) is 32.0. The van der Waals surface area contributed by atoms with Crippen molar-refractivity contribution in [3.05, 3.63) is 48.2 Å². The van der Waals surface area contributed by atoms with Gasteiger partial charge in [-0.2, -0.15) is 13.2 Å². The van der Waals surface area contributed by atoms with Crippen molar-refractivity contribution in [2.75, 3.05) is 63.8 Å². The maximum Gasteiger partial charge on any atom is 0.406 e. The molecule has 2 N–H and O–H groups in total. The number of benzene rings is 2. The average molecular weight is 632 g/mol. The Morgan fingerprint density at radius 1 is 1.00 bits per heavy atom. The van der Waals surface area contributed by atoms with Crippen LogP contribution in [0.2, 0.25) is 0 Å². The number of nitrogens with one attached hydrogen (secondary N) is 2. The Bertz CT molecular complexity index is 1630. The van der Waals surface area contributed by atoms with Gasteiger partial charge in [0.15, 0.2) is 9.84 Å².